The largest absolute Gasteiger partial charge is 0.383 e. The lowest BCUT2D eigenvalue weighted by Crippen LogP contribution is -2.37. The van der Waals surface area contributed by atoms with Gasteiger partial charge in [0.05, 0.1) is 17.6 Å². The first-order chi connectivity index (χ1) is 16.2. The Labute approximate surface area is 195 Å². The maximum atomic E-state index is 5.02. The first-order valence-electron chi connectivity index (χ1n) is 11.6. The third kappa shape index (κ3) is 4.83. The zero-order valence-electron chi connectivity index (χ0n) is 19.2. The van der Waals surface area contributed by atoms with Gasteiger partial charge in [0.25, 0.3) is 0 Å². The van der Waals surface area contributed by atoms with Crippen LogP contribution in [0, 0.1) is 12.8 Å². The van der Waals surface area contributed by atoms with Crippen molar-refractivity contribution in [1.82, 2.24) is 15.5 Å². The van der Waals surface area contributed by atoms with Crippen LogP contribution < -0.4 is 10.6 Å². The number of fused-ring (bicyclic) bond motifs is 1. The maximum absolute atomic E-state index is 5.02. The van der Waals surface area contributed by atoms with Crippen molar-refractivity contribution in [3.63, 3.8) is 0 Å². The van der Waals surface area contributed by atoms with Gasteiger partial charge in [0.2, 0.25) is 0 Å². The number of nitrogens with one attached hydrogen (secondary N) is 2. The Morgan fingerprint density at radius 2 is 1.88 bits per heavy atom. The third-order valence-electron chi connectivity index (χ3n) is 6.61. The van der Waals surface area contributed by atoms with Gasteiger partial charge < -0.3 is 15.2 Å². The fraction of sp³-hybridized carbons (Fsp3) is 0.286. The average Bonchev–Trinajstić information content (AvgIpc) is 3.40. The number of hydrogen-bond donors (Lipinski definition) is 2. The van der Waals surface area contributed by atoms with Gasteiger partial charge in [0, 0.05) is 36.8 Å². The highest BCUT2D eigenvalue weighted by Gasteiger charge is 2.28. The number of nitrogens with zero attached hydrogens (tertiary/aromatic N) is 2. The second-order valence-electron chi connectivity index (χ2n) is 9.09. The molecule has 0 radical (unpaired) electrons. The Balaban J connectivity index is 1.33. The first kappa shape index (κ1) is 21.4. The summed E-state index contributed by atoms with van der Waals surface area (Å²) in [5.41, 5.74) is 8.30. The van der Waals surface area contributed by atoms with E-state index in [1.165, 1.54) is 22.4 Å². The average molecular weight is 439 g/mol. The number of aromatic nitrogens is 2. The van der Waals surface area contributed by atoms with Crippen LogP contribution in [0.1, 0.15) is 41.3 Å². The van der Waals surface area contributed by atoms with Crippen LogP contribution in [-0.2, 0) is 6.42 Å². The number of rotatable bonds is 7. The fourth-order valence-corrected chi connectivity index (χ4v) is 4.72. The quantitative estimate of drug-likeness (QED) is 0.384. The predicted molar refractivity (Wildman–Crippen MR) is 132 cm³/mol. The van der Waals surface area contributed by atoms with Crippen LogP contribution in [0.25, 0.3) is 11.1 Å². The molecule has 3 atom stereocenters. The number of aryl methyl sites for hydroxylation is 1. The van der Waals surface area contributed by atoms with Gasteiger partial charge >= 0.3 is 0 Å². The van der Waals surface area contributed by atoms with E-state index >= 15 is 0 Å². The molecule has 1 aliphatic heterocycles. The second-order valence-corrected chi connectivity index (χ2v) is 9.09. The smallest absolute Gasteiger partial charge is 0.131 e. The molecule has 4 aromatic rings. The van der Waals surface area contributed by atoms with Gasteiger partial charge in [-0.15, -0.1) is 0 Å². The van der Waals surface area contributed by atoms with Gasteiger partial charge in [-0.05, 0) is 47.6 Å². The van der Waals surface area contributed by atoms with Gasteiger partial charge in [-0.1, -0.05) is 66.7 Å². The van der Waals surface area contributed by atoms with E-state index in [1.54, 1.807) is 12.5 Å². The number of anilines is 1. The fourth-order valence-electron chi connectivity index (χ4n) is 4.72. The van der Waals surface area contributed by atoms with Gasteiger partial charge in [0.15, 0.2) is 0 Å². The molecule has 1 aliphatic rings. The number of hydrogen-bond acceptors (Lipinski definition) is 5. The summed E-state index contributed by atoms with van der Waals surface area (Å²) in [5, 5.41) is 11.4. The molecule has 33 heavy (non-hydrogen) atoms. The molecule has 0 saturated carbocycles. The van der Waals surface area contributed by atoms with Crippen LogP contribution in [0.15, 0.2) is 83.8 Å². The molecular weight excluding hydrogens is 408 g/mol. The van der Waals surface area contributed by atoms with Crippen molar-refractivity contribution in [2.24, 2.45) is 5.92 Å². The van der Waals surface area contributed by atoms with E-state index in [2.05, 4.69) is 90.3 Å². The molecule has 0 spiro atoms. The van der Waals surface area contributed by atoms with Crippen LogP contribution in [0.5, 0.6) is 0 Å². The minimum absolute atomic E-state index is 0.249. The highest BCUT2D eigenvalue weighted by atomic mass is 16.5. The SMILES string of the molecule is Cc1cnc2c(c1)NC[C@H]([C@H](NC[C@@H](C)c1cccc(-c3cnoc3)c1)c1ccccc1)C2. The predicted octanol–water partition coefficient (Wildman–Crippen LogP) is 5.76. The van der Waals surface area contributed by atoms with Gasteiger partial charge in [0.1, 0.15) is 6.26 Å². The maximum Gasteiger partial charge on any atom is 0.131 e. The van der Waals surface area contributed by atoms with E-state index in [1.807, 2.05) is 6.20 Å². The van der Waals surface area contributed by atoms with Crippen molar-refractivity contribution in [3.05, 3.63) is 102 Å². The normalized spacial score (nSPS) is 17.1. The van der Waals surface area contributed by atoms with Crippen molar-refractivity contribution >= 4 is 5.69 Å². The zero-order chi connectivity index (χ0) is 22.6. The van der Waals surface area contributed by atoms with Crippen LogP contribution in [0.2, 0.25) is 0 Å². The van der Waals surface area contributed by atoms with Crippen molar-refractivity contribution in [1.29, 1.82) is 0 Å². The Hall–Kier alpha value is -3.44. The van der Waals surface area contributed by atoms with E-state index in [9.17, 15) is 0 Å². The number of pyridine rings is 1. The zero-order valence-corrected chi connectivity index (χ0v) is 19.2. The molecule has 5 rings (SSSR count). The van der Waals surface area contributed by atoms with E-state index in [0.717, 1.165) is 36.3 Å². The van der Waals surface area contributed by atoms with Crippen LogP contribution in [0.4, 0.5) is 5.69 Å². The summed E-state index contributed by atoms with van der Waals surface area (Å²) in [6.07, 6.45) is 6.39. The van der Waals surface area contributed by atoms with Crippen molar-refractivity contribution in [3.8, 4) is 11.1 Å². The highest BCUT2D eigenvalue weighted by Crippen LogP contribution is 2.32. The molecule has 2 N–H and O–H groups in total. The molecule has 0 amide bonds. The molecule has 168 valence electrons. The summed E-state index contributed by atoms with van der Waals surface area (Å²) in [7, 11) is 0. The van der Waals surface area contributed by atoms with Crippen molar-refractivity contribution < 1.29 is 4.52 Å². The standard InChI is InChI=1S/C28H30N4O/c1-19-11-26-27(29-14-19)13-24(16-30-26)28(21-7-4-3-5-8-21)31-15-20(2)22-9-6-10-23(12-22)25-17-32-33-18-25/h3-12,14,17-18,20,24,28,30-31H,13,15-16H2,1-2H3/t20-,24-,28-/m1/s1. The van der Waals surface area contributed by atoms with Gasteiger partial charge in [-0.3, -0.25) is 4.98 Å². The summed E-state index contributed by atoms with van der Waals surface area (Å²) >= 11 is 0. The molecule has 0 bridgehead atoms. The van der Waals surface area contributed by atoms with E-state index in [-0.39, 0.29) is 6.04 Å². The van der Waals surface area contributed by atoms with Gasteiger partial charge in [-0.2, -0.15) is 0 Å². The van der Waals surface area contributed by atoms with Crippen molar-refractivity contribution in [2.75, 3.05) is 18.4 Å². The summed E-state index contributed by atoms with van der Waals surface area (Å²) in [5.74, 6) is 0.784. The molecule has 5 nitrogen and oxygen atoms in total. The minimum atomic E-state index is 0.249. The summed E-state index contributed by atoms with van der Waals surface area (Å²) in [6, 6.07) is 21.9. The lowest BCUT2D eigenvalue weighted by atomic mass is 9.85. The van der Waals surface area contributed by atoms with Crippen LogP contribution in [-0.4, -0.2) is 23.2 Å². The van der Waals surface area contributed by atoms with Crippen molar-refractivity contribution in [2.45, 2.75) is 32.2 Å². The molecule has 5 heteroatoms. The molecular formula is C28H30N4O. The molecule has 3 heterocycles. The third-order valence-corrected chi connectivity index (χ3v) is 6.61. The second kappa shape index (κ2) is 9.59. The Morgan fingerprint density at radius 1 is 1.03 bits per heavy atom. The van der Waals surface area contributed by atoms with Gasteiger partial charge in [-0.25, -0.2) is 0 Å². The summed E-state index contributed by atoms with van der Waals surface area (Å²) in [4.78, 5) is 4.72. The molecule has 0 saturated heterocycles. The molecule has 0 aliphatic carbocycles. The van der Waals surface area contributed by atoms with E-state index in [0.29, 0.717) is 11.8 Å². The molecule has 0 unspecified atom stereocenters. The summed E-state index contributed by atoms with van der Waals surface area (Å²) < 4.78 is 5.02. The number of benzene rings is 2. The Morgan fingerprint density at radius 3 is 2.70 bits per heavy atom. The van der Waals surface area contributed by atoms with Crippen LogP contribution >= 0.6 is 0 Å². The monoisotopic (exact) mass is 438 g/mol. The molecule has 2 aromatic heterocycles. The topological polar surface area (TPSA) is 63.0 Å². The van der Waals surface area contributed by atoms with Crippen LogP contribution in [0.3, 0.4) is 0 Å². The lowest BCUT2D eigenvalue weighted by molar-refractivity contribution is 0.357. The van der Waals surface area contributed by atoms with E-state index in [4.69, 9.17) is 9.51 Å². The molecule has 0 fully saturated rings. The Bertz CT molecular complexity index is 1190. The summed E-state index contributed by atoms with van der Waals surface area (Å²) in [6.45, 7) is 6.19. The minimum Gasteiger partial charge on any atom is -0.383 e. The van der Waals surface area contributed by atoms with E-state index < -0.39 is 0 Å². The highest BCUT2D eigenvalue weighted by molar-refractivity contribution is 5.62. The first-order valence-corrected chi connectivity index (χ1v) is 11.6. The Kier molecular flexibility index (Phi) is 6.22. The lowest BCUT2D eigenvalue weighted by Gasteiger charge is -2.34. The molecule has 2 aromatic carbocycles.